The van der Waals surface area contributed by atoms with Gasteiger partial charge in [0, 0.05) is 18.3 Å². The Morgan fingerprint density at radius 3 is 2.58 bits per heavy atom. The van der Waals surface area contributed by atoms with E-state index < -0.39 is 5.91 Å². The number of hydrogen-bond donors (Lipinski definition) is 2. The minimum atomic E-state index is -0.672. The number of anilines is 1. The number of benzene rings is 1. The van der Waals surface area contributed by atoms with Gasteiger partial charge in [0.05, 0.1) is 23.3 Å². The first-order valence-corrected chi connectivity index (χ1v) is 9.49. The summed E-state index contributed by atoms with van der Waals surface area (Å²) in [5.74, 6) is 0.144. The van der Waals surface area contributed by atoms with Gasteiger partial charge in [0.2, 0.25) is 11.8 Å². The summed E-state index contributed by atoms with van der Waals surface area (Å²) < 4.78 is 7.51. The predicted molar refractivity (Wildman–Crippen MR) is 113 cm³/mol. The molecule has 0 saturated heterocycles. The Labute approximate surface area is 177 Å². The van der Waals surface area contributed by atoms with Crippen LogP contribution >= 0.6 is 0 Å². The van der Waals surface area contributed by atoms with E-state index >= 15 is 0 Å². The molecule has 0 aliphatic carbocycles. The van der Waals surface area contributed by atoms with Crippen molar-refractivity contribution in [2.24, 2.45) is 5.73 Å². The van der Waals surface area contributed by atoms with E-state index in [1.54, 1.807) is 35.1 Å². The van der Waals surface area contributed by atoms with Crippen LogP contribution in [0.1, 0.15) is 33.3 Å². The van der Waals surface area contributed by atoms with Crippen LogP contribution in [0.15, 0.2) is 48.9 Å². The average Bonchev–Trinajstić information content (AvgIpc) is 3.12. The summed E-state index contributed by atoms with van der Waals surface area (Å²) >= 11 is 0. The molecule has 4 rings (SSSR count). The largest absolute Gasteiger partial charge is 0.419 e. The Hall–Kier alpha value is -4.34. The number of hydrogen-bond acceptors (Lipinski definition) is 7. The molecule has 31 heavy (non-hydrogen) atoms. The molecule has 0 aliphatic heterocycles. The number of aromatic nitrogens is 5. The van der Waals surface area contributed by atoms with E-state index in [1.807, 2.05) is 19.9 Å². The van der Waals surface area contributed by atoms with Gasteiger partial charge in [0.15, 0.2) is 0 Å². The number of nitrogens with two attached hydrogens (primary N) is 1. The first-order valence-electron chi connectivity index (χ1n) is 9.49. The number of nitrogens with one attached hydrogen (secondary N) is 1. The predicted octanol–water partition coefficient (Wildman–Crippen LogP) is 2.69. The summed E-state index contributed by atoms with van der Waals surface area (Å²) in [4.78, 5) is 35.9. The quantitative estimate of drug-likeness (QED) is 0.492. The van der Waals surface area contributed by atoms with E-state index in [0.29, 0.717) is 34.7 Å². The number of carbonyl (C=O) groups is 2. The number of aryl methyl sites for hydroxylation is 2. The molecule has 156 valence electrons. The van der Waals surface area contributed by atoms with Gasteiger partial charge in [0.25, 0.3) is 11.8 Å². The highest BCUT2D eigenvalue weighted by atomic mass is 16.5. The van der Waals surface area contributed by atoms with E-state index in [4.69, 9.17) is 10.5 Å². The highest BCUT2D eigenvalue weighted by molar-refractivity contribution is 6.06. The Morgan fingerprint density at radius 1 is 1.10 bits per heavy atom. The van der Waals surface area contributed by atoms with Crippen LogP contribution in [0.5, 0.6) is 11.8 Å². The number of amides is 2. The van der Waals surface area contributed by atoms with E-state index in [2.05, 4.69) is 25.4 Å². The van der Waals surface area contributed by atoms with Crippen molar-refractivity contribution in [1.29, 1.82) is 0 Å². The lowest BCUT2D eigenvalue weighted by Crippen LogP contribution is -2.13. The third-order valence-corrected chi connectivity index (χ3v) is 4.49. The minimum Gasteiger partial charge on any atom is -0.419 e. The van der Waals surface area contributed by atoms with Crippen LogP contribution in [0.4, 0.5) is 5.82 Å². The second-order valence-corrected chi connectivity index (χ2v) is 6.73. The van der Waals surface area contributed by atoms with Gasteiger partial charge in [-0.1, -0.05) is 6.07 Å². The molecule has 10 heteroatoms. The molecule has 0 fully saturated rings. The molecule has 0 spiro atoms. The number of fused-ring (bicyclic) bond motifs is 1. The van der Waals surface area contributed by atoms with Crippen molar-refractivity contribution >= 4 is 28.5 Å². The van der Waals surface area contributed by atoms with Gasteiger partial charge in [-0.15, -0.1) is 0 Å². The molecule has 0 saturated carbocycles. The van der Waals surface area contributed by atoms with Gasteiger partial charge in [-0.05, 0) is 43.7 Å². The molecule has 0 aliphatic rings. The normalized spacial score (nSPS) is 10.8. The van der Waals surface area contributed by atoms with E-state index in [-0.39, 0.29) is 17.5 Å². The fraction of sp³-hybridized carbons (Fsp3) is 0.143. The first-order chi connectivity index (χ1) is 14.9. The maximum absolute atomic E-state index is 12.6. The SMILES string of the molecule is CCn1nc2cc(C(=O)Nc3ccc(C)cn3)ccc2c1Oc1cnc(C(N)=O)cn1. The van der Waals surface area contributed by atoms with Crippen molar-refractivity contribution in [3.05, 3.63) is 65.7 Å². The number of carbonyl (C=O) groups excluding carboxylic acids is 2. The molecule has 3 heterocycles. The van der Waals surface area contributed by atoms with E-state index in [1.165, 1.54) is 12.4 Å². The highest BCUT2D eigenvalue weighted by Gasteiger charge is 2.16. The van der Waals surface area contributed by atoms with Crippen molar-refractivity contribution in [1.82, 2.24) is 24.7 Å². The summed E-state index contributed by atoms with van der Waals surface area (Å²) in [5, 5.41) is 7.98. The molecule has 3 aromatic heterocycles. The van der Waals surface area contributed by atoms with Crippen molar-refractivity contribution < 1.29 is 14.3 Å². The van der Waals surface area contributed by atoms with Crippen molar-refractivity contribution in [2.75, 3.05) is 5.32 Å². The van der Waals surface area contributed by atoms with Crippen molar-refractivity contribution in [3.63, 3.8) is 0 Å². The van der Waals surface area contributed by atoms with Crippen LogP contribution in [0.2, 0.25) is 0 Å². The Bertz CT molecular complexity index is 1260. The maximum atomic E-state index is 12.6. The minimum absolute atomic E-state index is 0.0416. The third kappa shape index (κ3) is 4.17. The second kappa shape index (κ2) is 8.19. The van der Waals surface area contributed by atoms with Crippen LogP contribution in [0.25, 0.3) is 10.9 Å². The molecule has 0 unspecified atom stereocenters. The summed E-state index contributed by atoms with van der Waals surface area (Å²) in [5.41, 5.74) is 7.25. The Morgan fingerprint density at radius 2 is 1.94 bits per heavy atom. The monoisotopic (exact) mass is 417 g/mol. The zero-order valence-electron chi connectivity index (χ0n) is 16.9. The Kier molecular flexibility index (Phi) is 5.27. The number of rotatable bonds is 6. The first kappa shape index (κ1) is 20.0. The van der Waals surface area contributed by atoms with Crippen molar-refractivity contribution in [2.45, 2.75) is 20.4 Å². The lowest BCUT2D eigenvalue weighted by molar-refractivity contribution is 0.0992. The molecule has 10 nitrogen and oxygen atoms in total. The maximum Gasteiger partial charge on any atom is 0.268 e. The second-order valence-electron chi connectivity index (χ2n) is 6.73. The number of pyridine rings is 1. The smallest absolute Gasteiger partial charge is 0.268 e. The lowest BCUT2D eigenvalue weighted by Gasteiger charge is -2.07. The van der Waals surface area contributed by atoms with Gasteiger partial charge in [-0.25, -0.2) is 19.6 Å². The molecule has 4 aromatic rings. The van der Waals surface area contributed by atoms with Crippen LogP contribution in [0.3, 0.4) is 0 Å². The van der Waals surface area contributed by atoms with Crippen LogP contribution in [-0.2, 0) is 6.54 Å². The van der Waals surface area contributed by atoms with Crippen LogP contribution < -0.4 is 15.8 Å². The van der Waals surface area contributed by atoms with E-state index in [0.717, 1.165) is 5.56 Å². The van der Waals surface area contributed by atoms with Gasteiger partial charge in [0.1, 0.15) is 11.5 Å². The fourth-order valence-electron chi connectivity index (χ4n) is 2.90. The van der Waals surface area contributed by atoms with Crippen LogP contribution in [0, 0.1) is 6.92 Å². The molecule has 0 radical (unpaired) electrons. The number of primary amides is 1. The lowest BCUT2D eigenvalue weighted by atomic mass is 10.1. The van der Waals surface area contributed by atoms with Gasteiger partial charge in [-0.2, -0.15) is 5.10 Å². The zero-order valence-corrected chi connectivity index (χ0v) is 16.9. The van der Waals surface area contributed by atoms with Gasteiger partial charge < -0.3 is 15.8 Å². The molecule has 3 N–H and O–H groups in total. The standard InChI is InChI=1S/C21H19N7O3/c1-3-28-21(31-18-11-23-16(10-25-18)19(22)29)14-6-5-13(8-15(14)27-28)20(30)26-17-7-4-12(2)9-24-17/h4-11H,3H2,1-2H3,(H2,22,29)(H,24,26,30). The zero-order chi connectivity index (χ0) is 22.0. The molecular formula is C21H19N7O3. The summed E-state index contributed by atoms with van der Waals surface area (Å²) in [6, 6.07) is 8.74. The van der Waals surface area contributed by atoms with Gasteiger partial charge >= 0.3 is 0 Å². The average molecular weight is 417 g/mol. The summed E-state index contributed by atoms with van der Waals surface area (Å²) in [7, 11) is 0. The Balaban J connectivity index is 1.61. The molecule has 1 aromatic carbocycles. The molecule has 0 bridgehead atoms. The molecule has 0 atom stereocenters. The number of nitrogens with zero attached hydrogens (tertiary/aromatic N) is 5. The van der Waals surface area contributed by atoms with E-state index in [9.17, 15) is 9.59 Å². The highest BCUT2D eigenvalue weighted by Crippen LogP contribution is 2.30. The summed E-state index contributed by atoms with van der Waals surface area (Å²) in [6.45, 7) is 4.37. The van der Waals surface area contributed by atoms with Gasteiger partial charge in [-0.3, -0.25) is 9.59 Å². The topological polar surface area (TPSA) is 138 Å². The van der Waals surface area contributed by atoms with Crippen molar-refractivity contribution in [3.8, 4) is 11.8 Å². The van der Waals surface area contributed by atoms with Crippen LogP contribution in [-0.4, -0.2) is 36.5 Å². The third-order valence-electron chi connectivity index (χ3n) is 4.49. The number of ether oxygens (including phenoxy) is 1. The molecule has 2 amide bonds. The fourth-order valence-corrected chi connectivity index (χ4v) is 2.90. The summed E-state index contributed by atoms with van der Waals surface area (Å²) in [6.07, 6.45) is 4.24. The molecular weight excluding hydrogens is 398 g/mol.